The van der Waals surface area contributed by atoms with Gasteiger partial charge in [0, 0.05) is 17.1 Å². The molecule has 1 aromatic carbocycles. The minimum Gasteiger partial charge on any atom is -0.434 e. The Hall–Kier alpha value is -0.870. The number of alkyl halides is 2. The maximum Gasteiger partial charge on any atom is 0.387 e. The number of ether oxygens (including phenoxy) is 1. The molecule has 0 spiro atoms. The fourth-order valence-corrected chi connectivity index (χ4v) is 4.11. The largest absolute Gasteiger partial charge is 0.434 e. The van der Waals surface area contributed by atoms with E-state index in [-0.39, 0.29) is 5.75 Å². The van der Waals surface area contributed by atoms with Crippen molar-refractivity contribution in [2.24, 2.45) is 17.8 Å². The molecule has 3 unspecified atom stereocenters. The molecule has 0 saturated heterocycles. The van der Waals surface area contributed by atoms with Gasteiger partial charge in [0.2, 0.25) is 0 Å². The Morgan fingerprint density at radius 1 is 1.29 bits per heavy atom. The Morgan fingerprint density at radius 2 is 2.14 bits per heavy atom. The fraction of sp³-hybridized carbons (Fsp3) is 0.625. The predicted molar refractivity (Wildman–Crippen MR) is 78.7 cm³/mol. The summed E-state index contributed by atoms with van der Waals surface area (Å²) in [4.78, 5) is 0. The first kappa shape index (κ1) is 15.0. The van der Waals surface area contributed by atoms with Crippen LogP contribution in [0.4, 0.5) is 8.78 Å². The van der Waals surface area contributed by atoms with Gasteiger partial charge in [-0.3, -0.25) is 0 Å². The first-order valence-electron chi connectivity index (χ1n) is 7.56. The van der Waals surface area contributed by atoms with Crippen molar-refractivity contribution in [1.82, 2.24) is 5.32 Å². The topological polar surface area (TPSA) is 21.3 Å². The molecule has 1 N–H and O–H groups in total. The molecule has 2 bridgehead atoms. The highest BCUT2D eigenvalue weighted by molar-refractivity contribution is 6.30. The molecule has 2 saturated carbocycles. The van der Waals surface area contributed by atoms with Crippen molar-refractivity contribution in [2.75, 3.05) is 6.54 Å². The van der Waals surface area contributed by atoms with E-state index in [2.05, 4.69) is 10.1 Å². The lowest BCUT2D eigenvalue weighted by Crippen LogP contribution is -2.26. The Labute approximate surface area is 128 Å². The van der Waals surface area contributed by atoms with Crippen molar-refractivity contribution in [3.8, 4) is 5.75 Å². The van der Waals surface area contributed by atoms with Crippen LogP contribution in [0.2, 0.25) is 5.02 Å². The van der Waals surface area contributed by atoms with Crippen LogP contribution in [0.15, 0.2) is 18.2 Å². The molecule has 0 radical (unpaired) electrons. The molecule has 0 amide bonds. The van der Waals surface area contributed by atoms with Crippen LogP contribution < -0.4 is 10.1 Å². The van der Waals surface area contributed by atoms with E-state index in [9.17, 15) is 8.78 Å². The van der Waals surface area contributed by atoms with E-state index in [1.165, 1.54) is 31.7 Å². The lowest BCUT2D eigenvalue weighted by molar-refractivity contribution is -0.0505. The standard InChI is InChI=1S/C16H20ClF2NO/c17-14-3-4-15(21-16(18)19)13(7-14)9-20-8-12-6-10-1-2-11(12)5-10/h3-4,7,10-12,16,20H,1-2,5-6,8-9H2. The summed E-state index contributed by atoms with van der Waals surface area (Å²) in [6.45, 7) is -1.35. The van der Waals surface area contributed by atoms with Gasteiger partial charge in [0.25, 0.3) is 0 Å². The highest BCUT2D eigenvalue weighted by atomic mass is 35.5. The molecule has 5 heteroatoms. The van der Waals surface area contributed by atoms with Gasteiger partial charge in [0.05, 0.1) is 0 Å². The Bertz CT molecular complexity index is 497. The Kier molecular flexibility index (Phi) is 4.65. The molecule has 2 fully saturated rings. The minimum atomic E-state index is -2.81. The van der Waals surface area contributed by atoms with Gasteiger partial charge in [0.15, 0.2) is 0 Å². The molecular formula is C16H20ClF2NO. The second-order valence-electron chi connectivity index (χ2n) is 6.20. The van der Waals surface area contributed by atoms with Crippen LogP contribution in [0.25, 0.3) is 0 Å². The molecule has 2 aliphatic carbocycles. The second-order valence-corrected chi connectivity index (χ2v) is 6.63. The Balaban J connectivity index is 1.55. The van der Waals surface area contributed by atoms with Crippen molar-refractivity contribution in [3.63, 3.8) is 0 Å². The van der Waals surface area contributed by atoms with Gasteiger partial charge in [-0.25, -0.2) is 0 Å². The maximum absolute atomic E-state index is 12.4. The van der Waals surface area contributed by atoms with Crippen LogP contribution in [-0.2, 0) is 6.54 Å². The quantitative estimate of drug-likeness (QED) is 0.836. The average Bonchev–Trinajstić information content (AvgIpc) is 3.04. The van der Waals surface area contributed by atoms with E-state index in [0.29, 0.717) is 17.1 Å². The van der Waals surface area contributed by atoms with E-state index in [1.807, 2.05) is 0 Å². The maximum atomic E-state index is 12.4. The van der Waals surface area contributed by atoms with Crippen LogP contribution in [0, 0.1) is 17.8 Å². The molecule has 0 aromatic heterocycles. The predicted octanol–water partition coefficient (Wildman–Crippen LogP) is 4.47. The van der Waals surface area contributed by atoms with Crippen LogP contribution in [-0.4, -0.2) is 13.2 Å². The second kappa shape index (κ2) is 6.49. The number of hydrogen-bond acceptors (Lipinski definition) is 2. The van der Waals surface area contributed by atoms with Gasteiger partial charge >= 0.3 is 6.61 Å². The van der Waals surface area contributed by atoms with E-state index < -0.39 is 6.61 Å². The van der Waals surface area contributed by atoms with Crippen molar-refractivity contribution in [2.45, 2.75) is 38.8 Å². The van der Waals surface area contributed by atoms with Crippen molar-refractivity contribution in [3.05, 3.63) is 28.8 Å². The van der Waals surface area contributed by atoms with Gasteiger partial charge in [-0.1, -0.05) is 18.0 Å². The van der Waals surface area contributed by atoms with Crippen LogP contribution in [0.5, 0.6) is 5.75 Å². The summed E-state index contributed by atoms with van der Waals surface area (Å²) >= 11 is 5.94. The number of nitrogens with one attached hydrogen (secondary N) is 1. The molecule has 0 aliphatic heterocycles. The molecule has 21 heavy (non-hydrogen) atoms. The molecule has 3 rings (SSSR count). The summed E-state index contributed by atoms with van der Waals surface area (Å²) in [7, 11) is 0. The zero-order valence-electron chi connectivity index (χ0n) is 11.8. The first-order chi connectivity index (χ1) is 10.1. The summed E-state index contributed by atoms with van der Waals surface area (Å²) in [6.07, 6.45) is 5.44. The van der Waals surface area contributed by atoms with Crippen molar-refractivity contribution < 1.29 is 13.5 Å². The molecule has 2 aliphatic rings. The van der Waals surface area contributed by atoms with Crippen molar-refractivity contribution in [1.29, 1.82) is 0 Å². The van der Waals surface area contributed by atoms with E-state index in [1.54, 1.807) is 12.1 Å². The zero-order chi connectivity index (χ0) is 14.8. The zero-order valence-corrected chi connectivity index (χ0v) is 12.6. The van der Waals surface area contributed by atoms with Crippen LogP contribution >= 0.6 is 11.6 Å². The highest BCUT2D eigenvalue weighted by Gasteiger charge is 2.38. The third-order valence-electron chi connectivity index (χ3n) is 4.85. The summed E-state index contributed by atoms with van der Waals surface area (Å²) in [5.41, 5.74) is 0.686. The first-order valence-corrected chi connectivity index (χ1v) is 7.93. The SMILES string of the molecule is FC(F)Oc1ccc(Cl)cc1CNCC1CC2CCC1C2. The molecule has 2 nitrogen and oxygen atoms in total. The summed E-state index contributed by atoms with van der Waals surface area (Å²) < 4.78 is 29.3. The number of hydrogen-bond donors (Lipinski definition) is 1. The third-order valence-corrected chi connectivity index (χ3v) is 5.08. The lowest BCUT2D eigenvalue weighted by Gasteiger charge is -2.22. The lowest BCUT2D eigenvalue weighted by atomic mass is 9.89. The van der Waals surface area contributed by atoms with E-state index in [0.717, 1.165) is 24.3 Å². The summed E-state index contributed by atoms with van der Waals surface area (Å²) in [5, 5.41) is 3.92. The number of fused-ring (bicyclic) bond motifs is 2. The third kappa shape index (κ3) is 3.67. The molecule has 3 atom stereocenters. The van der Waals surface area contributed by atoms with Gasteiger partial charge in [-0.15, -0.1) is 0 Å². The molecule has 0 heterocycles. The van der Waals surface area contributed by atoms with E-state index in [4.69, 9.17) is 11.6 Å². The Morgan fingerprint density at radius 3 is 2.81 bits per heavy atom. The fourth-order valence-electron chi connectivity index (χ4n) is 3.92. The van der Waals surface area contributed by atoms with Gasteiger partial charge < -0.3 is 10.1 Å². The number of benzene rings is 1. The normalized spacial score (nSPS) is 27.5. The molecular weight excluding hydrogens is 296 g/mol. The highest BCUT2D eigenvalue weighted by Crippen LogP contribution is 2.47. The monoisotopic (exact) mass is 315 g/mol. The number of rotatable bonds is 6. The molecule has 116 valence electrons. The smallest absolute Gasteiger partial charge is 0.387 e. The minimum absolute atomic E-state index is 0.204. The number of halogens is 3. The average molecular weight is 316 g/mol. The summed E-state index contributed by atoms with van der Waals surface area (Å²) in [6, 6.07) is 4.76. The van der Waals surface area contributed by atoms with Crippen LogP contribution in [0.1, 0.15) is 31.2 Å². The van der Waals surface area contributed by atoms with Crippen LogP contribution in [0.3, 0.4) is 0 Å². The van der Waals surface area contributed by atoms with Gasteiger partial charge in [-0.05, 0) is 61.8 Å². The molecule has 1 aromatic rings. The van der Waals surface area contributed by atoms with Crippen molar-refractivity contribution >= 4 is 11.6 Å². The van der Waals surface area contributed by atoms with Gasteiger partial charge in [0.1, 0.15) is 5.75 Å². The van der Waals surface area contributed by atoms with Gasteiger partial charge in [-0.2, -0.15) is 8.78 Å². The summed E-state index contributed by atoms with van der Waals surface area (Å²) in [5.74, 6) is 2.72. The van der Waals surface area contributed by atoms with E-state index >= 15 is 0 Å².